The number of hydrogen-bond acceptors (Lipinski definition) is 2. The lowest BCUT2D eigenvalue weighted by Crippen LogP contribution is -2.50. The molecule has 2 amide bonds. The number of piperazine rings is 1. The van der Waals surface area contributed by atoms with E-state index in [-0.39, 0.29) is 17.6 Å². The van der Waals surface area contributed by atoms with Crippen LogP contribution in [0, 0.1) is 12.7 Å². The Labute approximate surface area is 153 Å². The van der Waals surface area contributed by atoms with Gasteiger partial charge in [0.1, 0.15) is 5.82 Å². The van der Waals surface area contributed by atoms with Crippen LogP contribution in [0.1, 0.15) is 27.9 Å². The fourth-order valence-electron chi connectivity index (χ4n) is 3.18. The number of benzene rings is 2. The summed E-state index contributed by atoms with van der Waals surface area (Å²) in [6.07, 6.45) is 0.999. The topological polar surface area (TPSA) is 40.6 Å². The van der Waals surface area contributed by atoms with Gasteiger partial charge in [0, 0.05) is 38.2 Å². The molecule has 1 aliphatic heterocycles. The minimum atomic E-state index is -0.269. The number of carbonyl (C=O) groups is 2. The van der Waals surface area contributed by atoms with Crippen molar-refractivity contribution in [2.45, 2.75) is 19.8 Å². The molecule has 2 aromatic carbocycles. The maximum absolute atomic E-state index is 12.9. The van der Waals surface area contributed by atoms with E-state index in [4.69, 9.17) is 0 Å². The highest BCUT2D eigenvalue weighted by molar-refractivity contribution is 5.94. The van der Waals surface area contributed by atoms with Crippen LogP contribution in [-0.4, -0.2) is 47.8 Å². The first-order chi connectivity index (χ1) is 12.5. The van der Waals surface area contributed by atoms with Crippen LogP contribution in [0.25, 0.3) is 0 Å². The number of rotatable bonds is 4. The predicted octanol–water partition coefficient (Wildman–Crippen LogP) is 3.05. The van der Waals surface area contributed by atoms with Crippen molar-refractivity contribution in [3.05, 3.63) is 71.0 Å². The smallest absolute Gasteiger partial charge is 0.253 e. The van der Waals surface area contributed by atoms with Gasteiger partial charge in [-0.05, 0) is 43.2 Å². The van der Waals surface area contributed by atoms with Gasteiger partial charge in [-0.3, -0.25) is 9.59 Å². The van der Waals surface area contributed by atoms with Crippen molar-refractivity contribution in [3.8, 4) is 0 Å². The molecule has 0 aromatic heterocycles. The van der Waals surface area contributed by atoms with Crippen LogP contribution < -0.4 is 0 Å². The molecule has 3 rings (SSSR count). The summed E-state index contributed by atoms with van der Waals surface area (Å²) in [6, 6.07) is 13.8. The molecule has 0 radical (unpaired) electrons. The van der Waals surface area contributed by atoms with Gasteiger partial charge in [0.15, 0.2) is 0 Å². The third kappa shape index (κ3) is 4.48. The van der Waals surface area contributed by atoms with Crippen molar-refractivity contribution in [1.29, 1.82) is 0 Å². The zero-order valence-corrected chi connectivity index (χ0v) is 15.0. The van der Waals surface area contributed by atoms with Gasteiger partial charge < -0.3 is 9.80 Å². The lowest BCUT2D eigenvalue weighted by Gasteiger charge is -2.35. The van der Waals surface area contributed by atoms with E-state index in [1.165, 1.54) is 12.1 Å². The number of nitrogens with zero attached hydrogens (tertiary/aromatic N) is 2. The van der Waals surface area contributed by atoms with Crippen LogP contribution >= 0.6 is 0 Å². The molecule has 26 heavy (non-hydrogen) atoms. The van der Waals surface area contributed by atoms with Gasteiger partial charge in [0.25, 0.3) is 5.91 Å². The number of hydrogen-bond donors (Lipinski definition) is 0. The van der Waals surface area contributed by atoms with Crippen LogP contribution in [0.4, 0.5) is 4.39 Å². The first-order valence-corrected chi connectivity index (χ1v) is 8.91. The summed E-state index contributed by atoms with van der Waals surface area (Å²) < 4.78 is 12.9. The highest BCUT2D eigenvalue weighted by Crippen LogP contribution is 2.12. The van der Waals surface area contributed by atoms with Crippen LogP contribution in [0.15, 0.2) is 48.5 Å². The SMILES string of the molecule is Cc1cccc(C(=O)N2CCN(C(=O)CCc3ccc(F)cc3)CC2)c1. The van der Waals surface area contributed by atoms with E-state index >= 15 is 0 Å². The summed E-state index contributed by atoms with van der Waals surface area (Å²) in [6.45, 7) is 4.18. The Hall–Kier alpha value is -2.69. The summed E-state index contributed by atoms with van der Waals surface area (Å²) in [5.74, 6) is -0.168. The van der Waals surface area contributed by atoms with E-state index in [9.17, 15) is 14.0 Å². The van der Waals surface area contributed by atoms with Crippen molar-refractivity contribution in [3.63, 3.8) is 0 Å². The number of amides is 2. The van der Waals surface area contributed by atoms with Gasteiger partial charge >= 0.3 is 0 Å². The third-order valence-corrected chi connectivity index (χ3v) is 4.73. The zero-order valence-electron chi connectivity index (χ0n) is 15.0. The van der Waals surface area contributed by atoms with Crippen molar-refractivity contribution in [1.82, 2.24) is 9.80 Å². The Morgan fingerprint density at radius 3 is 2.27 bits per heavy atom. The molecule has 0 unspecified atom stereocenters. The van der Waals surface area contributed by atoms with Gasteiger partial charge in [-0.25, -0.2) is 4.39 Å². The summed E-state index contributed by atoms with van der Waals surface area (Å²) in [4.78, 5) is 28.5. The Bertz CT molecular complexity index is 781. The molecule has 136 valence electrons. The monoisotopic (exact) mass is 354 g/mol. The summed E-state index contributed by atoms with van der Waals surface area (Å²) in [5, 5.41) is 0. The highest BCUT2D eigenvalue weighted by atomic mass is 19.1. The molecule has 4 nitrogen and oxygen atoms in total. The van der Waals surface area contributed by atoms with Crippen molar-refractivity contribution >= 4 is 11.8 Å². The molecule has 1 aliphatic rings. The predicted molar refractivity (Wildman–Crippen MR) is 98.4 cm³/mol. The molecule has 0 bridgehead atoms. The molecule has 2 aromatic rings. The molecule has 0 atom stereocenters. The zero-order chi connectivity index (χ0) is 18.5. The van der Waals surface area contributed by atoms with Crippen LogP contribution in [-0.2, 0) is 11.2 Å². The molecule has 0 saturated carbocycles. The maximum Gasteiger partial charge on any atom is 0.253 e. The third-order valence-electron chi connectivity index (χ3n) is 4.73. The van der Waals surface area contributed by atoms with Crippen molar-refractivity contribution < 1.29 is 14.0 Å². The van der Waals surface area contributed by atoms with Crippen LogP contribution in [0.2, 0.25) is 0 Å². The molecule has 0 spiro atoms. The second-order valence-electron chi connectivity index (χ2n) is 6.67. The maximum atomic E-state index is 12.9. The normalized spacial score (nSPS) is 14.4. The van der Waals surface area contributed by atoms with Gasteiger partial charge in [-0.2, -0.15) is 0 Å². The molecule has 1 fully saturated rings. The van der Waals surface area contributed by atoms with Crippen molar-refractivity contribution in [2.75, 3.05) is 26.2 Å². The summed E-state index contributed by atoms with van der Waals surface area (Å²) >= 11 is 0. The lowest BCUT2D eigenvalue weighted by molar-refractivity contribution is -0.132. The summed E-state index contributed by atoms with van der Waals surface area (Å²) in [5.41, 5.74) is 2.71. The standard InChI is InChI=1S/C21H23FN2O2/c1-16-3-2-4-18(15-16)21(26)24-13-11-23(12-14-24)20(25)10-7-17-5-8-19(22)9-6-17/h2-6,8-9,15H,7,10-14H2,1H3. The van der Waals surface area contributed by atoms with E-state index < -0.39 is 0 Å². The number of aryl methyl sites for hydroxylation is 2. The van der Waals surface area contributed by atoms with E-state index in [0.717, 1.165) is 11.1 Å². The van der Waals surface area contributed by atoms with Crippen LogP contribution in [0.3, 0.4) is 0 Å². The minimum absolute atomic E-state index is 0.0205. The fourth-order valence-corrected chi connectivity index (χ4v) is 3.18. The van der Waals surface area contributed by atoms with E-state index in [0.29, 0.717) is 44.6 Å². The second kappa shape index (κ2) is 8.13. The second-order valence-corrected chi connectivity index (χ2v) is 6.67. The molecular formula is C21H23FN2O2. The van der Waals surface area contributed by atoms with Crippen molar-refractivity contribution in [2.24, 2.45) is 0 Å². The Morgan fingerprint density at radius 1 is 0.962 bits per heavy atom. The number of carbonyl (C=O) groups excluding carboxylic acids is 2. The van der Waals surface area contributed by atoms with E-state index in [1.807, 2.05) is 36.1 Å². The molecule has 0 N–H and O–H groups in total. The lowest BCUT2D eigenvalue weighted by atomic mass is 10.1. The van der Waals surface area contributed by atoms with Gasteiger partial charge in [0.2, 0.25) is 5.91 Å². The molecule has 1 saturated heterocycles. The Morgan fingerprint density at radius 2 is 1.62 bits per heavy atom. The molecule has 5 heteroatoms. The molecular weight excluding hydrogens is 331 g/mol. The fraction of sp³-hybridized carbons (Fsp3) is 0.333. The Balaban J connectivity index is 1.49. The first kappa shape index (κ1) is 18.1. The van der Waals surface area contributed by atoms with Gasteiger partial charge in [-0.1, -0.05) is 29.8 Å². The van der Waals surface area contributed by atoms with E-state index in [2.05, 4.69) is 0 Å². The summed E-state index contributed by atoms with van der Waals surface area (Å²) in [7, 11) is 0. The van der Waals surface area contributed by atoms with E-state index in [1.54, 1.807) is 17.0 Å². The molecule has 0 aliphatic carbocycles. The average Bonchev–Trinajstić information content (AvgIpc) is 2.67. The minimum Gasteiger partial charge on any atom is -0.339 e. The van der Waals surface area contributed by atoms with Gasteiger partial charge in [-0.15, -0.1) is 0 Å². The molecule has 1 heterocycles. The van der Waals surface area contributed by atoms with Gasteiger partial charge in [0.05, 0.1) is 0 Å². The quantitative estimate of drug-likeness (QED) is 0.847. The van der Waals surface area contributed by atoms with Crippen LogP contribution in [0.5, 0.6) is 0 Å². The highest BCUT2D eigenvalue weighted by Gasteiger charge is 2.24. The first-order valence-electron chi connectivity index (χ1n) is 8.91. The number of halogens is 1. The average molecular weight is 354 g/mol. The largest absolute Gasteiger partial charge is 0.339 e. The Kier molecular flexibility index (Phi) is 5.66.